The molecule has 0 aromatic heterocycles. The van der Waals surface area contributed by atoms with Crippen molar-refractivity contribution in [3.05, 3.63) is 35.4 Å². The van der Waals surface area contributed by atoms with E-state index in [9.17, 15) is 0 Å². The molecular formula is C12H21N2+. The van der Waals surface area contributed by atoms with Crippen LogP contribution in [0.4, 0.5) is 0 Å². The van der Waals surface area contributed by atoms with Crippen molar-refractivity contribution in [3.8, 4) is 0 Å². The highest BCUT2D eigenvalue weighted by atomic mass is 14.6. The van der Waals surface area contributed by atoms with E-state index >= 15 is 0 Å². The number of hydrogen-bond donors (Lipinski definition) is 2. The summed E-state index contributed by atoms with van der Waals surface area (Å²) in [6.07, 6.45) is 2.01. The van der Waals surface area contributed by atoms with E-state index < -0.39 is 0 Å². The molecule has 1 aromatic rings. The van der Waals surface area contributed by atoms with Crippen molar-refractivity contribution in [2.24, 2.45) is 5.73 Å². The highest BCUT2D eigenvalue weighted by Gasteiger charge is 2.01. The molecule has 2 atom stereocenters. The van der Waals surface area contributed by atoms with Gasteiger partial charge in [-0.3, -0.25) is 0 Å². The molecule has 0 bridgehead atoms. The molecule has 0 fully saturated rings. The second-order valence-corrected chi connectivity index (χ2v) is 4.31. The molecule has 0 heterocycles. The average Bonchev–Trinajstić information content (AvgIpc) is 2.06. The average molecular weight is 193 g/mol. The van der Waals surface area contributed by atoms with Crippen LogP contribution in [0.15, 0.2) is 24.3 Å². The summed E-state index contributed by atoms with van der Waals surface area (Å²) in [5.41, 5.74) is 12.4. The van der Waals surface area contributed by atoms with Gasteiger partial charge >= 0.3 is 0 Å². The van der Waals surface area contributed by atoms with Gasteiger partial charge in [-0.15, -0.1) is 0 Å². The third-order valence-corrected chi connectivity index (χ3v) is 2.16. The molecule has 0 saturated carbocycles. The lowest BCUT2D eigenvalue weighted by Gasteiger charge is -2.07. The monoisotopic (exact) mass is 193 g/mol. The van der Waals surface area contributed by atoms with E-state index in [2.05, 4.69) is 36.9 Å². The van der Waals surface area contributed by atoms with Crippen LogP contribution in [0.25, 0.3) is 0 Å². The molecule has 0 aliphatic rings. The molecule has 0 amide bonds. The summed E-state index contributed by atoms with van der Waals surface area (Å²) in [6, 6.07) is 9.42. The first-order valence-corrected chi connectivity index (χ1v) is 5.24. The van der Waals surface area contributed by atoms with E-state index in [1.165, 1.54) is 11.1 Å². The Morgan fingerprint density at radius 1 is 1.07 bits per heavy atom. The summed E-state index contributed by atoms with van der Waals surface area (Å²) in [6.45, 7) is 4.17. The number of rotatable bonds is 4. The third kappa shape index (κ3) is 3.90. The van der Waals surface area contributed by atoms with E-state index in [0.717, 1.165) is 12.8 Å². The zero-order valence-corrected chi connectivity index (χ0v) is 9.16. The van der Waals surface area contributed by atoms with Gasteiger partial charge in [0.05, 0.1) is 6.04 Å². The van der Waals surface area contributed by atoms with Crippen LogP contribution in [0.1, 0.15) is 25.0 Å². The fraction of sp³-hybridized carbons (Fsp3) is 0.500. The lowest BCUT2D eigenvalue weighted by molar-refractivity contribution is -0.413. The highest BCUT2D eigenvalue weighted by molar-refractivity contribution is 5.23. The summed E-state index contributed by atoms with van der Waals surface area (Å²) in [7, 11) is 0. The normalized spacial score (nSPS) is 15.1. The predicted molar refractivity (Wildman–Crippen MR) is 59.8 cm³/mol. The smallest absolute Gasteiger partial charge is 0.0855 e. The van der Waals surface area contributed by atoms with Crippen LogP contribution < -0.4 is 11.5 Å². The standard InChI is InChI=1S/C12H20N2/c1-9(13)7-11-3-5-12(6-4-11)8-10(2)14/h3-6,9-10H,7-8,13-14H2,1-2H3/p+1. The van der Waals surface area contributed by atoms with Crippen molar-refractivity contribution in [1.82, 2.24) is 0 Å². The number of benzene rings is 1. The lowest BCUT2D eigenvalue weighted by atomic mass is 10.0. The summed E-state index contributed by atoms with van der Waals surface area (Å²) in [5, 5.41) is 0. The number of quaternary nitrogens is 1. The zero-order valence-electron chi connectivity index (χ0n) is 9.16. The van der Waals surface area contributed by atoms with Crippen molar-refractivity contribution in [2.75, 3.05) is 0 Å². The van der Waals surface area contributed by atoms with Gasteiger partial charge in [-0.2, -0.15) is 0 Å². The first-order chi connectivity index (χ1) is 6.58. The van der Waals surface area contributed by atoms with Crippen molar-refractivity contribution in [3.63, 3.8) is 0 Å². The summed E-state index contributed by atoms with van der Waals surface area (Å²) in [5.74, 6) is 0. The van der Waals surface area contributed by atoms with Gasteiger partial charge in [0.2, 0.25) is 0 Å². The van der Waals surface area contributed by atoms with Crippen molar-refractivity contribution < 1.29 is 5.73 Å². The van der Waals surface area contributed by atoms with Crippen LogP contribution in [0.3, 0.4) is 0 Å². The van der Waals surface area contributed by atoms with Gasteiger partial charge in [0, 0.05) is 12.5 Å². The zero-order chi connectivity index (χ0) is 10.6. The van der Waals surface area contributed by atoms with Gasteiger partial charge in [0.1, 0.15) is 0 Å². The fourth-order valence-corrected chi connectivity index (χ4v) is 1.59. The van der Waals surface area contributed by atoms with Gasteiger partial charge in [0.15, 0.2) is 0 Å². The maximum Gasteiger partial charge on any atom is 0.0855 e. The van der Waals surface area contributed by atoms with Gasteiger partial charge in [-0.1, -0.05) is 24.3 Å². The topological polar surface area (TPSA) is 53.7 Å². The minimum atomic E-state index is 0.243. The molecule has 0 aliphatic heterocycles. The van der Waals surface area contributed by atoms with Gasteiger partial charge < -0.3 is 11.5 Å². The van der Waals surface area contributed by atoms with Gasteiger partial charge in [-0.05, 0) is 31.4 Å². The van der Waals surface area contributed by atoms with E-state index in [-0.39, 0.29) is 6.04 Å². The molecule has 0 saturated heterocycles. The van der Waals surface area contributed by atoms with Crippen molar-refractivity contribution in [1.29, 1.82) is 0 Å². The SMILES string of the molecule is CC(N)Cc1ccc(CC(C)[NH3+])cc1. The summed E-state index contributed by atoms with van der Waals surface area (Å²) >= 11 is 0. The van der Waals surface area contributed by atoms with Crippen LogP contribution in [-0.4, -0.2) is 12.1 Å². The molecular weight excluding hydrogens is 172 g/mol. The maximum atomic E-state index is 5.73. The molecule has 0 radical (unpaired) electrons. The van der Waals surface area contributed by atoms with Crippen LogP contribution >= 0.6 is 0 Å². The van der Waals surface area contributed by atoms with Crippen molar-refractivity contribution >= 4 is 0 Å². The lowest BCUT2D eigenvalue weighted by Crippen LogP contribution is -2.60. The van der Waals surface area contributed by atoms with Crippen LogP contribution in [0, 0.1) is 0 Å². The Hall–Kier alpha value is -0.860. The molecule has 78 valence electrons. The van der Waals surface area contributed by atoms with Gasteiger partial charge in [-0.25, -0.2) is 0 Å². The molecule has 2 nitrogen and oxygen atoms in total. The summed E-state index contributed by atoms with van der Waals surface area (Å²) in [4.78, 5) is 0. The first kappa shape index (κ1) is 11.2. The van der Waals surface area contributed by atoms with E-state index in [0.29, 0.717) is 6.04 Å². The second-order valence-electron chi connectivity index (χ2n) is 4.31. The van der Waals surface area contributed by atoms with Crippen molar-refractivity contribution in [2.45, 2.75) is 38.8 Å². The van der Waals surface area contributed by atoms with Crippen LogP contribution in [-0.2, 0) is 12.8 Å². The molecule has 2 heteroatoms. The molecule has 14 heavy (non-hydrogen) atoms. The number of nitrogens with two attached hydrogens (primary N) is 1. The fourth-order valence-electron chi connectivity index (χ4n) is 1.59. The molecule has 0 spiro atoms. The Labute approximate surface area is 86.3 Å². The molecule has 2 unspecified atom stereocenters. The Balaban J connectivity index is 2.59. The molecule has 0 aliphatic carbocycles. The Morgan fingerprint density at radius 3 is 1.86 bits per heavy atom. The largest absolute Gasteiger partial charge is 0.355 e. The highest BCUT2D eigenvalue weighted by Crippen LogP contribution is 2.07. The van der Waals surface area contributed by atoms with Crippen LogP contribution in [0.5, 0.6) is 0 Å². The minimum Gasteiger partial charge on any atom is -0.355 e. The Bertz CT molecular complexity index is 233. The van der Waals surface area contributed by atoms with E-state index in [4.69, 9.17) is 5.73 Å². The van der Waals surface area contributed by atoms with E-state index in [1.807, 2.05) is 6.92 Å². The minimum absolute atomic E-state index is 0.243. The molecule has 1 rings (SSSR count). The molecule has 5 N–H and O–H groups in total. The number of hydrogen-bond acceptors (Lipinski definition) is 1. The van der Waals surface area contributed by atoms with Crippen LogP contribution in [0.2, 0.25) is 0 Å². The second kappa shape index (κ2) is 5.13. The Kier molecular flexibility index (Phi) is 4.11. The Morgan fingerprint density at radius 2 is 1.50 bits per heavy atom. The predicted octanol–water partition coefficient (Wildman–Crippen LogP) is 0.749. The maximum absolute atomic E-state index is 5.73. The summed E-state index contributed by atoms with van der Waals surface area (Å²) < 4.78 is 0. The third-order valence-electron chi connectivity index (χ3n) is 2.16. The van der Waals surface area contributed by atoms with E-state index in [1.54, 1.807) is 0 Å². The quantitative estimate of drug-likeness (QED) is 0.728. The first-order valence-electron chi connectivity index (χ1n) is 5.24. The van der Waals surface area contributed by atoms with Gasteiger partial charge in [0.25, 0.3) is 0 Å². The molecule has 1 aromatic carbocycles.